The van der Waals surface area contributed by atoms with Crippen molar-refractivity contribution in [3.8, 4) is 0 Å². The monoisotopic (exact) mass is 1270 g/mol. The molecule has 2 N–H and O–H groups in total. The third-order valence-electron chi connectivity index (χ3n) is 20.3. The Bertz CT molecular complexity index is 4690. The van der Waals surface area contributed by atoms with E-state index in [9.17, 15) is 9.59 Å². The van der Waals surface area contributed by atoms with Crippen LogP contribution in [0.1, 0.15) is 192 Å². The van der Waals surface area contributed by atoms with E-state index in [2.05, 4.69) is 317 Å². The van der Waals surface area contributed by atoms with Gasteiger partial charge in [0, 0.05) is 74.2 Å². The number of aliphatic imine (C=N–C) groups is 2. The van der Waals surface area contributed by atoms with Gasteiger partial charge in [0.15, 0.2) is 0 Å². The molecule has 0 heterocycles. The van der Waals surface area contributed by atoms with Gasteiger partial charge in [0.05, 0.1) is 22.8 Å². The van der Waals surface area contributed by atoms with E-state index in [4.69, 9.17) is 15.7 Å². The molecule has 0 unspecified atom stereocenters. The Morgan fingerprint density at radius 3 is 0.735 bits per heavy atom. The van der Waals surface area contributed by atoms with Crippen molar-refractivity contribution in [1.82, 2.24) is 0 Å². The Morgan fingerprint density at radius 1 is 0.265 bits per heavy atom. The molecule has 0 fully saturated rings. The van der Waals surface area contributed by atoms with Crippen LogP contribution in [0.3, 0.4) is 0 Å². The second kappa shape index (κ2) is 28.7. The normalized spacial score (nSPS) is 14.9. The lowest BCUT2D eigenvalue weighted by Gasteiger charge is -2.24. The SMILES string of the molecule is Cc1cc([C@H](C)c2ccccc2)c(N)c([C@H](C)c2ccccc2)c1.Cc1cc([C@H](C)c2ccccc2)c(N=C2C(=Nc3c([C@H](C)c4ccccc4)cc(C)cc3[C@H](C)c3ccccc3)c3cccc4cccc2c34)c([C@H](C)c2ccccc2)c1.O=C1C(=O)c2cccc3cccc1c23. The third-order valence-corrected chi connectivity index (χ3v) is 20.3. The van der Waals surface area contributed by atoms with E-state index >= 15 is 0 Å². The number of benzene rings is 13. The molecule has 0 saturated heterocycles. The summed E-state index contributed by atoms with van der Waals surface area (Å²) in [6, 6.07) is 103. The van der Waals surface area contributed by atoms with E-state index in [0.717, 1.165) is 50.4 Å². The van der Waals surface area contributed by atoms with Gasteiger partial charge in [-0.15, -0.1) is 0 Å². The van der Waals surface area contributed by atoms with Crippen molar-refractivity contribution < 1.29 is 9.59 Å². The highest BCUT2D eigenvalue weighted by atomic mass is 16.2. The topological polar surface area (TPSA) is 84.9 Å². The van der Waals surface area contributed by atoms with Crippen LogP contribution in [0.25, 0.3) is 21.5 Å². The maximum Gasteiger partial charge on any atom is 0.234 e. The number of nitrogens with zero attached hydrogens (tertiary/aromatic N) is 2. The summed E-state index contributed by atoms with van der Waals surface area (Å²) in [5.41, 5.74) is 33.5. The van der Waals surface area contributed by atoms with Gasteiger partial charge < -0.3 is 5.73 Å². The molecule has 0 amide bonds. The molecule has 0 radical (unpaired) electrons. The number of carbonyl (C=O) groups is 2. The molecule has 482 valence electrons. The van der Waals surface area contributed by atoms with E-state index in [1.807, 2.05) is 12.1 Å². The highest BCUT2D eigenvalue weighted by Gasteiger charge is 2.33. The maximum atomic E-state index is 11.5. The Hall–Kier alpha value is -11.1. The summed E-state index contributed by atoms with van der Waals surface area (Å²) in [7, 11) is 0. The van der Waals surface area contributed by atoms with Gasteiger partial charge in [-0.2, -0.15) is 0 Å². The third kappa shape index (κ3) is 13.2. The summed E-state index contributed by atoms with van der Waals surface area (Å²) in [6.45, 7) is 20.4. The number of anilines is 1. The van der Waals surface area contributed by atoms with E-state index in [1.165, 1.54) is 94.2 Å². The number of aryl methyl sites for hydroxylation is 3. The van der Waals surface area contributed by atoms with Gasteiger partial charge in [0.1, 0.15) is 0 Å². The van der Waals surface area contributed by atoms with Gasteiger partial charge >= 0.3 is 0 Å². The summed E-state index contributed by atoms with van der Waals surface area (Å²) in [4.78, 5) is 35.0. The maximum absolute atomic E-state index is 11.5. The number of nitrogen functional groups attached to an aromatic ring is 1. The quantitative estimate of drug-likeness (QED) is 0.0869. The molecule has 13 aromatic carbocycles. The fourth-order valence-corrected chi connectivity index (χ4v) is 14.8. The second-order valence-electron chi connectivity index (χ2n) is 26.7. The van der Waals surface area contributed by atoms with Crippen molar-refractivity contribution in [2.75, 3.05) is 5.73 Å². The Morgan fingerprint density at radius 2 is 0.480 bits per heavy atom. The molecule has 0 bridgehead atoms. The van der Waals surface area contributed by atoms with Crippen LogP contribution < -0.4 is 5.73 Å². The summed E-state index contributed by atoms with van der Waals surface area (Å²) < 4.78 is 0. The number of Topliss-reactive ketones (excluding diaryl/α,β-unsaturated/α-hetero) is 2. The lowest BCUT2D eigenvalue weighted by Crippen LogP contribution is -2.13. The molecule has 0 saturated carbocycles. The first-order valence-electron chi connectivity index (χ1n) is 34.4. The molecule has 2 aliphatic carbocycles. The summed E-state index contributed by atoms with van der Waals surface area (Å²) in [5.74, 6) is 0.262. The number of ketones is 2. The van der Waals surface area contributed by atoms with Crippen molar-refractivity contribution in [3.05, 3.63) is 397 Å². The predicted octanol–water partition coefficient (Wildman–Crippen LogP) is 23.4. The molecule has 13 aromatic rings. The largest absolute Gasteiger partial charge is 0.398 e. The van der Waals surface area contributed by atoms with Gasteiger partial charge in [-0.05, 0) is 98.3 Å². The average Bonchev–Trinajstić information content (AvgIpc) is 1.58. The van der Waals surface area contributed by atoms with Gasteiger partial charge in [-0.1, -0.05) is 349 Å². The Labute approximate surface area is 578 Å². The van der Waals surface area contributed by atoms with E-state index in [1.54, 1.807) is 24.3 Å². The highest BCUT2D eigenvalue weighted by Crippen LogP contribution is 2.46. The fourth-order valence-electron chi connectivity index (χ4n) is 14.8. The minimum atomic E-state index is -0.378. The number of carbonyl (C=O) groups excluding carboxylic acids is 2. The number of rotatable bonds is 14. The van der Waals surface area contributed by atoms with Crippen LogP contribution in [0.4, 0.5) is 17.1 Å². The first-order valence-corrected chi connectivity index (χ1v) is 34.4. The van der Waals surface area contributed by atoms with Crippen LogP contribution in [0.5, 0.6) is 0 Å². The van der Waals surface area contributed by atoms with Gasteiger partial charge in [0.25, 0.3) is 0 Å². The molecule has 0 spiro atoms. The Kier molecular flexibility index (Phi) is 19.2. The minimum Gasteiger partial charge on any atom is -0.398 e. The van der Waals surface area contributed by atoms with E-state index in [0.29, 0.717) is 11.1 Å². The van der Waals surface area contributed by atoms with Crippen LogP contribution in [-0.4, -0.2) is 23.0 Å². The summed E-state index contributed by atoms with van der Waals surface area (Å²) >= 11 is 0. The first kappa shape index (κ1) is 65.5. The Balaban J connectivity index is 0.000000183. The number of hydrogen-bond donors (Lipinski definition) is 1. The van der Waals surface area contributed by atoms with Crippen molar-refractivity contribution in [3.63, 3.8) is 0 Å². The fraction of sp³-hybridized carbons (Fsp3) is 0.161. The predicted molar refractivity (Wildman–Crippen MR) is 411 cm³/mol. The smallest absolute Gasteiger partial charge is 0.234 e. The molecule has 6 atom stereocenters. The van der Waals surface area contributed by atoms with Crippen LogP contribution in [0.2, 0.25) is 0 Å². The molecule has 0 aromatic heterocycles. The van der Waals surface area contributed by atoms with Crippen molar-refractivity contribution in [2.24, 2.45) is 9.98 Å². The molecule has 15 rings (SSSR count). The lowest BCUT2D eigenvalue weighted by molar-refractivity contribution is 0.0825. The first-order chi connectivity index (χ1) is 47.6. The molecule has 5 heteroatoms. The van der Waals surface area contributed by atoms with E-state index < -0.39 is 0 Å². The van der Waals surface area contributed by atoms with Gasteiger partial charge in [0.2, 0.25) is 11.6 Å². The molecular formula is C93H83N3O2. The minimum absolute atomic E-state index is 0.112. The number of hydrogen-bond acceptors (Lipinski definition) is 5. The van der Waals surface area contributed by atoms with Crippen LogP contribution in [-0.2, 0) is 0 Å². The molecule has 5 nitrogen and oxygen atoms in total. The number of nitrogens with two attached hydrogens (primary N) is 1. The van der Waals surface area contributed by atoms with Crippen molar-refractivity contribution in [2.45, 2.75) is 97.8 Å². The highest BCUT2D eigenvalue weighted by molar-refractivity contribution is 6.61. The zero-order valence-corrected chi connectivity index (χ0v) is 57.5. The standard InChI is InChI=1S/C58H52N2.C23H25N.C12H6O2/c1-37-33-50(39(3)43-21-11-7-12-22-43)55(51(34-37)40(4)44-23-13-8-14-24-44)59-57-48-31-19-29-47-30-20-32-49(54(47)48)58(57)60-56-52(41(5)45-25-15-9-16-26-45)35-38(2)36-53(56)42(6)46-27-17-10-18-28-46;1-16-14-21(17(2)19-10-6-4-7-11-19)23(24)22(15-16)18(3)20-12-8-5-9-13-20;13-11-8-5-1-3-7-4-2-6-9(10(7)8)12(11)14/h7-36,39-42H,1-6H3;4-15,17-18H,24H2,1-3H3;1-6H/t39-,40-,41-,42-;17-,18-;/m11./s1. The zero-order valence-electron chi connectivity index (χ0n) is 57.5. The summed E-state index contributed by atoms with van der Waals surface area (Å²) in [6.07, 6.45) is 0. The summed E-state index contributed by atoms with van der Waals surface area (Å²) in [5, 5.41) is 4.17. The van der Waals surface area contributed by atoms with Crippen LogP contribution >= 0.6 is 0 Å². The molecule has 2 aliphatic rings. The van der Waals surface area contributed by atoms with Crippen molar-refractivity contribution in [1.29, 1.82) is 0 Å². The lowest BCUT2D eigenvalue weighted by atomic mass is 9.84. The van der Waals surface area contributed by atoms with E-state index in [-0.39, 0.29) is 47.1 Å². The van der Waals surface area contributed by atoms with Gasteiger partial charge in [-0.3, -0.25) is 9.59 Å². The van der Waals surface area contributed by atoms with Gasteiger partial charge in [-0.25, -0.2) is 9.98 Å². The van der Waals surface area contributed by atoms with Crippen LogP contribution in [0.15, 0.2) is 301 Å². The second-order valence-corrected chi connectivity index (χ2v) is 26.7. The molecule has 98 heavy (non-hydrogen) atoms. The average molecular weight is 1270 g/mol. The van der Waals surface area contributed by atoms with Crippen LogP contribution in [0, 0.1) is 20.8 Å². The molecular weight excluding hydrogens is 1190 g/mol. The zero-order chi connectivity index (χ0) is 68.1. The van der Waals surface area contributed by atoms with Crippen molar-refractivity contribution >= 4 is 61.6 Å². The molecule has 0 aliphatic heterocycles.